The molecule has 0 aliphatic carbocycles. The highest BCUT2D eigenvalue weighted by molar-refractivity contribution is 5.82. The number of aromatic nitrogens is 3. The zero-order valence-corrected chi connectivity index (χ0v) is 18.1. The molecule has 1 aromatic carbocycles. The molecule has 2 N–H and O–H groups in total. The lowest BCUT2D eigenvalue weighted by atomic mass is 10.2. The topological polar surface area (TPSA) is 113 Å². The monoisotopic (exact) mass is 447 g/mol. The predicted molar refractivity (Wildman–Crippen MR) is 123 cm³/mol. The van der Waals surface area contributed by atoms with Gasteiger partial charge in [0.05, 0.1) is 0 Å². The van der Waals surface area contributed by atoms with E-state index in [1.54, 1.807) is 11.1 Å². The van der Waals surface area contributed by atoms with E-state index in [9.17, 15) is 9.59 Å². The van der Waals surface area contributed by atoms with Crippen molar-refractivity contribution in [1.82, 2.24) is 25.4 Å². The van der Waals surface area contributed by atoms with E-state index < -0.39 is 6.09 Å². The Morgan fingerprint density at radius 2 is 1.67 bits per heavy atom. The number of pyridine rings is 1. The SMILES string of the molecule is O=C(NCC(=O)N1CCN(c2ccc(Nc3ccccn3)nn2)CC1)OCc1ccccc1. The number of amides is 2. The Balaban J connectivity index is 1.18. The number of nitrogens with zero attached hydrogens (tertiary/aromatic N) is 5. The first-order chi connectivity index (χ1) is 16.2. The number of piperazine rings is 1. The van der Waals surface area contributed by atoms with Crippen LogP contribution in [0.15, 0.2) is 66.9 Å². The second kappa shape index (κ2) is 10.9. The number of carbonyl (C=O) groups is 2. The summed E-state index contributed by atoms with van der Waals surface area (Å²) in [4.78, 5) is 32.3. The van der Waals surface area contributed by atoms with Gasteiger partial charge in [-0.2, -0.15) is 0 Å². The van der Waals surface area contributed by atoms with Gasteiger partial charge in [0.15, 0.2) is 11.6 Å². The first kappa shape index (κ1) is 22.0. The minimum atomic E-state index is -0.611. The van der Waals surface area contributed by atoms with Crippen LogP contribution in [0.3, 0.4) is 0 Å². The van der Waals surface area contributed by atoms with Gasteiger partial charge in [0.1, 0.15) is 19.0 Å². The van der Waals surface area contributed by atoms with Crippen LogP contribution in [0.1, 0.15) is 5.56 Å². The largest absolute Gasteiger partial charge is 0.445 e. The van der Waals surface area contributed by atoms with Crippen LogP contribution in [0.2, 0.25) is 0 Å². The van der Waals surface area contributed by atoms with Crippen LogP contribution in [-0.2, 0) is 16.1 Å². The molecule has 170 valence electrons. The molecular weight excluding hydrogens is 422 g/mol. The van der Waals surface area contributed by atoms with E-state index >= 15 is 0 Å². The van der Waals surface area contributed by atoms with Gasteiger partial charge in [-0.15, -0.1) is 10.2 Å². The molecule has 1 fully saturated rings. The van der Waals surface area contributed by atoms with E-state index in [0.29, 0.717) is 37.8 Å². The lowest BCUT2D eigenvalue weighted by Crippen LogP contribution is -2.51. The number of rotatable bonds is 7. The van der Waals surface area contributed by atoms with Gasteiger partial charge < -0.3 is 25.2 Å². The second-order valence-electron chi connectivity index (χ2n) is 7.40. The number of hydrogen-bond donors (Lipinski definition) is 2. The smallest absolute Gasteiger partial charge is 0.407 e. The summed E-state index contributed by atoms with van der Waals surface area (Å²) in [6.45, 7) is 2.40. The minimum Gasteiger partial charge on any atom is -0.445 e. The molecule has 1 saturated heterocycles. The van der Waals surface area contributed by atoms with Crippen molar-refractivity contribution in [2.45, 2.75) is 6.61 Å². The van der Waals surface area contributed by atoms with Gasteiger partial charge in [-0.3, -0.25) is 4.79 Å². The molecule has 33 heavy (non-hydrogen) atoms. The normalized spacial score (nSPS) is 13.3. The highest BCUT2D eigenvalue weighted by Crippen LogP contribution is 2.16. The van der Waals surface area contributed by atoms with E-state index in [0.717, 1.165) is 11.4 Å². The summed E-state index contributed by atoms with van der Waals surface area (Å²) >= 11 is 0. The van der Waals surface area contributed by atoms with Crippen molar-refractivity contribution >= 4 is 29.5 Å². The van der Waals surface area contributed by atoms with Gasteiger partial charge >= 0.3 is 6.09 Å². The maximum absolute atomic E-state index is 12.4. The Morgan fingerprint density at radius 3 is 2.36 bits per heavy atom. The molecule has 0 atom stereocenters. The number of ether oxygens (including phenoxy) is 1. The maximum Gasteiger partial charge on any atom is 0.407 e. The molecule has 10 nitrogen and oxygen atoms in total. The molecule has 3 aromatic rings. The molecule has 0 unspecified atom stereocenters. The number of alkyl carbamates (subject to hydrolysis) is 1. The quantitative estimate of drug-likeness (QED) is 0.567. The summed E-state index contributed by atoms with van der Waals surface area (Å²) < 4.78 is 5.13. The number of nitrogens with one attached hydrogen (secondary N) is 2. The van der Waals surface area contributed by atoms with Crippen molar-refractivity contribution in [3.05, 3.63) is 72.4 Å². The Labute approximate surface area is 191 Å². The highest BCUT2D eigenvalue weighted by atomic mass is 16.5. The van der Waals surface area contributed by atoms with Crippen molar-refractivity contribution in [2.75, 3.05) is 42.9 Å². The standard InChI is InChI=1S/C23H25N7O3/c31-22(16-25-23(32)33-17-18-6-2-1-3-7-18)30-14-12-29(13-15-30)21-10-9-20(27-28-21)26-19-8-4-5-11-24-19/h1-11H,12-17H2,(H,25,32)(H,24,26,27). The lowest BCUT2D eigenvalue weighted by Gasteiger charge is -2.35. The third kappa shape index (κ3) is 6.39. The van der Waals surface area contributed by atoms with Crippen LogP contribution in [0.25, 0.3) is 0 Å². The van der Waals surface area contributed by atoms with Crippen LogP contribution >= 0.6 is 0 Å². The predicted octanol–water partition coefficient (Wildman–Crippen LogP) is 2.19. The molecule has 10 heteroatoms. The van der Waals surface area contributed by atoms with Gasteiger partial charge in [-0.1, -0.05) is 36.4 Å². The lowest BCUT2D eigenvalue weighted by molar-refractivity contribution is -0.130. The summed E-state index contributed by atoms with van der Waals surface area (Å²) in [5.41, 5.74) is 0.888. The van der Waals surface area contributed by atoms with Crippen molar-refractivity contribution in [3.8, 4) is 0 Å². The van der Waals surface area contributed by atoms with Gasteiger partial charge in [0.25, 0.3) is 0 Å². The molecule has 1 aliphatic heterocycles. The third-order valence-electron chi connectivity index (χ3n) is 5.12. The fourth-order valence-electron chi connectivity index (χ4n) is 3.35. The van der Waals surface area contributed by atoms with Crippen LogP contribution in [0.4, 0.5) is 22.2 Å². The van der Waals surface area contributed by atoms with Crippen molar-refractivity contribution in [2.24, 2.45) is 0 Å². The minimum absolute atomic E-state index is 0.0959. The average Bonchev–Trinajstić information content (AvgIpc) is 2.88. The Bertz CT molecular complexity index is 1040. The first-order valence-corrected chi connectivity index (χ1v) is 10.7. The molecule has 0 bridgehead atoms. The van der Waals surface area contributed by atoms with Gasteiger partial charge in [-0.25, -0.2) is 9.78 Å². The van der Waals surface area contributed by atoms with Crippen molar-refractivity contribution < 1.29 is 14.3 Å². The van der Waals surface area contributed by atoms with Crippen LogP contribution in [-0.4, -0.2) is 64.8 Å². The molecule has 4 rings (SSSR count). The van der Waals surface area contributed by atoms with Gasteiger partial charge in [0.2, 0.25) is 5.91 Å². The Hall–Kier alpha value is -4.21. The number of carbonyl (C=O) groups excluding carboxylic acids is 2. The van der Waals surface area contributed by atoms with E-state index in [2.05, 4.69) is 30.7 Å². The van der Waals surface area contributed by atoms with Crippen LogP contribution < -0.4 is 15.5 Å². The number of benzene rings is 1. The molecule has 0 spiro atoms. The maximum atomic E-state index is 12.4. The van der Waals surface area contributed by atoms with E-state index in [1.807, 2.05) is 60.7 Å². The molecule has 2 amide bonds. The Morgan fingerprint density at radius 1 is 0.879 bits per heavy atom. The molecule has 3 heterocycles. The molecule has 2 aromatic heterocycles. The average molecular weight is 447 g/mol. The van der Waals surface area contributed by atoms with Gasteiger partial charge in [-0.05, 0) is 29.8 Å². The third-order valence-corrected chi connectivity index (χ3v) is 5.12. The van der Waals surface area contributed by atoms with Gasteiger partial charge in [0, 0.05) is 32.4 Å². The molecular formula is C23H25N7O3. The van der Waals surface area contributed by atoms with Crippen LogP contribution in [0.5, 0.6) is 0 Å². The molecule has 0 radical (unpaired) electrons. The van der Waals surface area contributed by atoms with Crippen molar-refractivity contribution in [1.29, 1.82) is 0 Å². The molecule has 0 saturated carbocycles. The van der Waals surface area contributed by atoms with Crippen LogP contribution in [0, 0.1) is 0 Å². The summed E-state index contributed by atoms with van der Waals surface area (Å²) in [5, 5.41) is 14.1. The number of anilines is 3. The highest BCUT2D eigenvalue weighted by Gasteiger charge is 2.22. The first-order valence-electron chi connectivity index (χ1n) is 10.7. The van der Waals surface area contributed by atoms with E-state index in [-0.39, 0.29) is 19.1 Å². The van der Waals surface area contributed by atoms with Crippen molar-refractivity contribution in [3.63, 3.8) is 0 Å². The fourth-order valence-corrected chi connectivity index (χ4v) is 3.35. The zero-order valence-electron chi connectivity index (χ0n) is 18.1. The second-order valence-corrected chi connectivity index (χ2v) is 7.40. The zero-order chi connectivity index (χ0) is 22.9. The number of hydrogen-bond acceptors (Lipinski definition) is 8. The van der Waals surface area contributed by atoms with E-state index in [4.69, 9.17) is 4.74 Å². The summed E-state index contributed by atoms with van der Waals surface area (Å²) in [7, 11) is 0. The van der Waals surface area contributed by atoms with E-state index in [1.165, 1.54) is 0 Å². The fraction of sp³-hybridized carbons (Fsp3) is 0.261. The molecule has 1 aliphatic rings. The summed E-state index contributed by atoms with van der Waals surface area (Å²) in [6, 6.07) is 18.7. The summed E-state index contributed by atoms with van der Waals surface area (Å²) in [5.74, 6) is 1.91. The summed E-state index contributed by atoms with van der Waals surface area (Å²) in [6.07, 6.45) is 1.09. The Kier molecular flexibility index (Phi) is 7.26.